The molecule has 1 aliphatic heterocycles. The molecule has 8 nitrogen and oxygen atoms in total. The summed E-state index contributed by atoms with van der Waals surface area (Å²) in [6.07, 6.45) is 4.31. The van der Waals surface area contributed by atoms with Gasteiger partial charge in [-0.15, -0.1) is 0 Å². The molecular formula is C28H29N8+. The number of rotatable bonds is 5. The van der Waals surface area contributed by atoms with E-state index in [1.54, 1.807) is 6.33 Å². The standard InChI is InChI=1S/C28H29N8/c1-18-12-22(6-5-21(18)13-20-4-8-25-24(14-20)32-17-35(25)3)33-28-27-23(30-16-31-28)7-9-26(34-27)36-11-10-29-15-19(36)2/h4-9,12,14,16-17,29H,10-11,13,15H2,1-3H3,(H,30,31,33)/q+1. The zero-order chi connectivity index (χ0) is 24.6. The van der Waals surface area contributed by atoms with E-state index in [9.17, 15) is 0 Å². The van der Waals surface area contributed by atoms with Gasteiger partial charge in [0.25, 0.3) is 0 Å². The number of hydrogen-bond donors (Lipinski definition) is 2. The maximum Gasteiger partial charge on any atom is 0.324 e. The predicted octanol–water partition coefficient (Wildman–Crippen LogP) is 4.26. The second kappa shape index (κ2) is 9.13. The van der Waals surface area contributed by atoms with Crippen molar-refractivity contribution in [2.45, 2.75) is 20.3 Å². The molecule has 1 aliphatic rings. The quantitative estimate of drug-likeness (QED) is 0.368. The van der Waals surface area contributed by atoms with E-state index < -0.39 is 0 Å². The summed E-state index contributed by atoms with van der Waals surface area (Å²) in [5, 5.41) is 6.88. The monoisotopic (exact) mass is 477 g/mol. The smallest absolute Gasteiger partial charge is 0.324 e. The van der Waals surface area contributed by atoms with Crippen molar-refractivity contribution in [3.63, 3.8) is 0 Å². The Labute approximate surface area is 209 Å². The topological polar surface area (TPSA) is 83.6 Å². The molecule has 8 heteroatoms. The largest absolute Gasteiger partial charge is 0.336 e. The highest BCUT2D eigenvalue weighted by Gasteiger charge is 2.20. The number of fused-ring (bicyclic) bond motifs is 2. The van der Waals surface area contributed by atoms with Gasteiger partial charge in [-0.3, -0.25) is 0 Å². The number of imidazole rings is 1. The minimum Gasteiger partial charge on any atom is -0.336 e. The first kappa shape index (κ1) is 22.3. The molecule has 0 saturated carbocycles. The Kier molecular flexibility index (Phi) is 5.65. The number of aryl methyl sites for hydroxylation is 2. The number of aromatic nitrogens is 5. The summed E-state index contributed by atoms with van der Waals surface area (Å²) in [5.41, 5.74) is 9.77. The number of benzene rings is 2. The van der Waals surface area contributed by atoms with Crippen LogP contribution in [0, 0.1) is 6.92 Å². The molecule has 2 N–H and O–H groups in total. The third-order valence-electron chi connectivity index (χ3n) is 6.89. The van der Waals surface area contributed by atoms with E-state index in [0.29, 0.717) is 5.82 Å². The fourth-order valence-electron chi connectivity index (χ4n) is 4.85. The van der Waals surface area contributed by atoms with Gasteiger partial charge in [0, 0.05) is 25.3 Å². The molecule has 180 valence electrons. The predicted molar refractivity (Wildman–Crippen MR) is 144 cm³/mol. The van der Waals surface area contributed by atoms with E-state index in [1.807, 2.05) is 30.1 Å². The summed E-state index contributed by atoms with van der Waals surface area (Å²) in [5.74, 6) is 1.64. The third kappa shape index (κ3) is 4.20. The van der Waals surface area contributed by atoms with E-state index in [4.69, 9.17) is 4.98 Å². The van der Waals surface area contributed by atoms with Gasteiger partial charge in [0.1, 0.15) is 18.4 Å². The van der Waals surface area contributed by atoms with E-state index >= 15 is 0 Å². The first-order valence-corrected chi connectivity index (χ1v) is 12.2. The summed E-state index contributed by atoms with van der Waals surface area (Å²) >= 11 is 0. The van der Waals surface area contributed by atoms with Crippen molar-refractivity contribution in [2.75, 3.05) is 25.0 Å². The average molecular weight is 478 g/mol. The Hall–Kier alpha value is -4.17. The number of pyridine rings is 1. The van der Waals surface area contributed by atoms with Crippen molar-refractivity contribution < 1.29 is 4.58 Å². The third-order valence-corrected chi connectivity index (χ3v) is 6.89. The van der Waals surface area contributed by atoms with Crippen LogP contribution in [0.15, 0.2) is 61.2 Å². The summed E-state index contributed by atoms with van der Waals surface area (Å²) in [6.45, 7) is 7.00. The van der Waals surface area contributed by atoms with Gasteiger partial charge >= 0.3 is 5.82 Å². The lowest BCUT2D eigenvalue weighted by atomic mass is 9.99. The molecule has 36 heavy (non-hydrogen) atoms. The molecule has 0 spiro atoms. The Morgan fingerprint density at radius 3 is 2.78 bits per heavy atom. The summed E-state index contributed by atoms with van der Waals surface area (Å²) in [6, 6.07) is 17.0. The first-order valence-electron chi connectivity index (χ1n) is 12.2. The van der Waals surface area contributed by atoms with Gasteiger partial charge in [0.05, 0.1) is 29.6 Å². The van der Waals surface area contributed by atoms with Crippen molar-refractivity contribution in [3.8, 4) is 0 Å². The van der Waals surface area contributed by atoms with Crippen LogP contribution in [0.2, 0.25) is 0 Å². The molecule has 0 saturated heterocycles. The molecule has 0 fully saturated rings. The second-order valence-electron chi connectivity index (χ2n) is 9.44. The molecule has 6 rings (SSSR count). The highest BCUT2D eigenvalue weighted by Crippen LogP contribution is 2.26. The number of hydrogen-bond acceptors (Lipinski definition) is 6. The molecule has 0 atom stereocenters. The van der Waals surface area contributed by atoms with E-state index in [-0.39, 0.29) is 0 Å². The second-order valence-corrected chi connectivity index (χ2v) is 9.44. The molecule has 4 heterocycles. The lowest BCUT2D eigenvalue weighted by Gasteiger charge is -2.15. The van der Waals surface area contributed by atoms with Gasteiger partial charge < -0.3 is 15.2 Å². The Balaban J connectivity index is 1.27. The minimum atomic E-state index is 0.711. The summed E-state index contributed by atoms with van der Waals surface area (Å²) in [7, 11) is 2.02. The molecule has 0 amide bonds. The molecule has 0 bridgehead atoms. The molecule has 3 aromatic heterocycles. The van der Waals surface area contributed by atoms with Gasteiger partial charge in [-0.25, -0.2) is 19.5 Å². The molecule has 5 aromatic rings. The van der Waals surface area contributed by atoms with Crippen LogP contribution in [0.3, 0.4) is 0 Å². The zero-order valence-electron chi connectivity index (χ0n) is 20.8. The lowest BCUT2D eigenvalue weighted by Crippen LogP contribution is -2.38. The Bertz CT molecular complexity index is 1630. The van der Waals surface area contributed by atoms with Crippen molar-refractivity contribution in [1.82, 2.24) is 29.8 Å². The van der Waals surface area contributed by atoms with E-state index in [0.717, 1.165) is 59.6 Å². The number of nitrogens with zero attached hydrogens (tertiary/aromatic N) is 6. The van der Waals surface area contributed by atoms with Crippen molar-refractivity contribution in [1.29, 1.82) is 0 Å². The fraction of sp³-hybridized carbons (Fsp3) is 0.250. The summed E-state index contributed by atoms with van der Waals surface area (Å²) in [4.78, 5) is 18.4. The maximum absolute atomic E-state index is 4.95. The SMILES string of the molecule is CC1=[N+](c2ccc3ncnc(Nc4ccc(Cc5ccc6c(c5)ncn6C)c(C)c4)c3n2)CCNC1. The highest BCUT2D eigenvalue weighted by atomic mass is 15.2. The van der Waals surface area contributed by atoms with Crippen LogP contribution in [-0.2, 0) is 13.5 Å². The molecular weight excluding hydrogens is 448 g/mol. The average Bonchev–Trinajstić information content (AvgIpc) is 3.26. The van der Waals surface area contributed by atoms with Crippen LogP contribution in [0.1, 0.15) is 23.6 Å². The molecule has 2 aromatic carbocycles. The van der Waals surface area contributed by atoms with Crippen LogP contribution in [0.25, 0.3) is 22.1 Å². The number of nitrogens with one attached hydrogen (secondary N) is 2. The van der Waals surface area contributed by atoms with Gasteiger partial charge in [0.15, 0.2) is 5.82 Å². The highest BCUT2D eigenvalue weighted by molar-refractivity contribution is 5.88. The molecule has 0 unspecified atom stereocenters. The van der Waals surface area contributed by atoms with Gasteiger partial charge in [-0.05, 0) is 72.3 Å². The van der Waals surface area contributed by atoms with E-state index in [2.05, 4.69) is 80.4 Å². The van der Waals surface area contributed by atoms with Crippen LogP contribution < -0.4 is 10.6 Å². The van der Waals surface area contributed by atoms with Gasteiger partial charge in [-0.2, -0.15) is 0 Å². The van der Waals surface area contributed by atoms with E-state index in [1.165, 1.54) is 22.4 Å². The van der Waals surface area contributed by atoms with Crippen LogP contribution in [0.4, 0.5) is 17.3 Å². The Morgan fingerprint density at radius 1 is 1.00 bits per heavy atom. The van der Waals surface area contributed by atoms with Crippen molar-refractivity contribution in [2.24, 2.45) is 7.05 Å². The molecule has 0 radical (unpaired) electrons. The van der Waals surface area contributed by atoms with Gasteiger partial charge in [0.2, 0.25) is 5.52 Å². The summed E-state index contributed by atoms with van der Waals surface area (Å²) < 4.78 is 4.30. The van der Waals surface area contributed by atoms with Crippen LogP contribution in [0.5, 0.6) is 0 Å². The lowest BCUT2D eigenvalue weighted by molar-refractivity contribution is -0.448. The molecule has 0 aliphatic carbocycles. The maximum atomic E-state index is 4.95. The Morgan fingerprint density at radius 2 is 1.92 bits per heavy atom. The normalized spacial score (nSPS) is 14.1. The van der Waals surface area contributed by atoms with Gasteiger partial charge in [-0.1, -0.05) is 12.1 Å². The van der Waals surface area contributed by atoms with Crippen LogP contribution in [-0.4, -0.2) is 54.4 Å². The number of anilines is 2. The van der Waals surface area contributed by atoms with Crippen molar-refractivity contribution >= 4 is 45.1 Å². The fourth-order valence-corrected chi connectivity index (χ4v) is 4.85. The first-order chi connectivity index (χ1) is 17.5. The van der Waals surface area contributed by atoms with Crippen molar-refractivity contribution in [3.05, 3.63) is 77.9 Å². The zero-order valence-corrected chi connectivity index (χ0v) is 20.8. The minimum absolute atomic E-state index is 0.711. The van der Waals surface area contributed by atoms with Crippen LogP contribution >= 0.6 is 0 Å².